The zero-order chi connectivity index (χ0) is 27.2. The minimum absolute atomic E-state index is 0.0206. The molecule has 0 heterocycles. The van der Waals surface area contributed by atoms with Gasteiger partial charge >= 0.3 is 6.09 Å². The summed E-state index contributed by atoms with van der Waals surface area (Å²) in [5.74, 6) is -1.13. The molecule has 0 aliphatic rings. The Morgan fingerprint density at radius 3 is 2.19 bits per heavy atom. The second-order valence-corrected chi connectivity index (χ2v) is 10.3. The van der Waals surface area contributed by atoms with Crippen LogP contribution in [-0.2, 0) is 14.3 Å². The lowest BCUT2D eigenvalue weighted by Gasteiger charge is -2.37. The zero-order valence-corrected chi connectivity index (χ0v) is 22.8. The number of carbonyl (C=O) groups excluding carboxylic acids is 3. The molecule has 0 aliphatic heterocycles. The van der Waals surface area contributed by atoms with Crippen LogP contribution in [0.1, 0.15) is 57.4 Å². The summed E-state index contributed by atoms with van der Waals surface area (Å²) in [6, 6.07) is 9.63. The lowest BCUT2D eigenvalue weighted by Crippen LogP contribution is -2.55. The largest absolute Gasteiger partial charge is 0.507 e. The van der Waals surface area contributed by atoms with Gasteiger partial charge < -0.3 is 25.4 Å². The molecule has 0 aromatic heterocycles. The lowest BCUT2D eigenvalue weighted by molar-refractivity contribution is -0.142. The zero-order valence-electron chi connectivity index (χ0n) is 22.0. The third-order valence-corrected chi connectivity index (χ3v) is 5.84. The molecule has 2 rings (SSSR count). The smallest absolute Gasteiger partial charge is 0.408 e. The number of hydrogen-bond donors (Lipinski definition) is 4. The van der Waals surface area contributed by atoms with Crippen molar-refractivity contribution in [1.29, 1.82) is 0 Å². The molecular formula is C27H37N3O5S. The predicted molar refractivity (Wildman–Crippen MR) is 144 cm³/mol. The third-order valence-electron chi connectivity index (χ3n) is 5.48. The molecule has 0 bridgehead atoms. The number of amides is 3. The van der Waals surface area contributed by atoms with Crippen molar-refractivity contribution in [2.24, 2.45) is 0 Å². The highest BCUT2D eigenvalue weighted by Crippen LogP contribution is 2.34. The Morgan fingerprint density at radius 2 is 1.64 bits per heavy atom. The van der Waals surface area contributed by atoms with Gasteiger partial charge in [0.25, 0.3) is 5.91 Å². The Bertz CT molecular complexity index is 1100. The standard InChI is InChI=1S/C27H37N3O5S/c1-16(2)30(25(33)21(15-36)29-26(34)35-27(5,6)7)22(19-13-10-12-18(4)23(19)31)24(32)28-20-14-9-8-11-17(20)3/h8-14,16,21-22,31,36H,15H2,1-7H3,(H,28,32)(H,29,34). The summed E-state index contributed by atoms with van der Waals surface area (Å²) >= 11 is 4.27. The lowest BCUT2D eigenvalue weighted by atomic mass is 9.98. The van der Waals surface area contributed by atoms with Crippen molar-refractivity contribution in [3.63, 3.8) is 0 Å². The van der Waals surface area contributed by atoms with Crippen LogP contribution in [0.25, 0.3) is 0 Å². The van der Waals surface area contributed by atoms with Gasteiger partial charge in [0.15, 0.2) is 0 Å². The maximum atomic E-state index is 13.8. The molecule has 2 aromatic carbocycles. The van der Waals surface area contributed by atoms with Crippen LogP contribution in [0.4, 0.5) is 10.5 Å². The van der Waals surface area contributed by atoms with E-state index in [2.05, 4.69) is 23.3 Å². The quantitative estimate of drug-likeness (QED) is 0.380. The monoisotopic (exact) mass is 515 g/mol. The van der Waals surface area contributed by atoms with E-state index in [0.717, 1.165) is 5.56 Å². The maximum Gasteiger partial charge on any atom is 0.408 e. The van der Waals surface area contributed by atoms with Gasteiger partial charge in [0.1, 0.15) is 23.4 Å². The van der Waals surface area contributed by atoms with Gasteiger partial charge in [-0.1, -0.05) is 36.4 Å². The molecule has 0 radical (unpaired) electrons. The van der Waals surface area contributed by atoms with Crippen LogP contribution < -0.4 is 10.6 Å². The molecule has 2 unspecified atom stereocenters. The Morgan fingerprint density at radius 1 is 1.03 bits per heavy atom. The van der Waals surface area contributed by atoms with Crippen molar-refractivity contribution in [3.8, 4) is 5.75 Å². The number of para-hydroxylation sites is 2. The highest BCUT2D eigenvalue weighted by atomic mass is 32.1. The van der Waals surface area contributed by atoms with Crippen molar-refractivity contribution in [2.75, 3.05) is 11.1 Å². The van der Waals surface area contributed by atoms with Gasteiger partial charge in [-0.25, -0.2) is 4.79 Å². The number of alkyl carbamates (subject to hydrolysis) is 1. The number of carbonyl (C=O) groups is 3. The molecule has 0 aliphatic carbocycles. The summed E-state index contributed by atoms with van der Waals surface area (Å²) in [5, 5.41) is 16.4. The second kappa shape index (κ2) is 12.2. The van der Waals surface area contributed by atoms with Crippen LogP contribution in [-0.4, -0.2) is 51.4 Å². The van der Waals surface area contributed by atoms with Crippen LogP contribution in [0, 0.1) is 13.8 Å². The topological polar surface area (TPSA) is 108 Å². The van der Waals surface area contributed by atoms with Gasteiger partial charge in [-0.15, -0.1) is 0 Å². The summed E-state index contributed by atoms with van der Waals surface area (Å²) in [6.45, 7) is 12.3. The van der Waals surface area contributed by atoms with E-state index >= 15 is 0 Å². The maximum absolute atomic E-state index is 13.8. The second-order valence-electron chi connectivity index (χ2n) is 9.94. The summed E-state index contributed by atoms with van der Waals surface area (Å²) in [4.78, 5) is 41.3. The molecule has 2 atom stereocenters. The molecule has 9 heteroatoms. The fourth-order valence-corrected chi connectivity index (χ4v) is 3.98. The molecule has 8 nitrogen and oxygen atoms in total. The highest BCUT2D eigenvalue weighted by Gasteiger charge is 2.39. The minimum Gasteiger partial charge on any atom is -0.507 e. The van der Waals surface area contributed by atoms with Crippen molar-refractivity contribution < 1.29 is 24.2 Å². The van der Waals surface area contributed by atoms with Crippen LogP contribution >= 0.6 is 12.6 Å². The molecule has 0 fully saturated rings. The van der Waals surface area contributed by atoms with Crippen LogP contribution in [0.5, 0.6) is 5.75 Å². The number of benzene rings is 2. The van der Waals surface area contributed by atoms with Crippen LogP contribution in [0.15, 0.2) is 42.5 Å². The van der Waals surface area contributed by atoms with Crippen molar-refractivity contribution in [3.05, 3.63) is 59.2 Å². The SMILES string of the molecule is Cc1ccccc1NC(=O)C(c1cccc(C)c1O)N(C(=O)C(CS)NC(=O)OC(C)(C)C)C(C)C. The number of thiol groups is 1. The highest BCUT2D eigenvalue weighted by molar-refractivity contribution is 7.80. The van der Waals surface area contributed by atoms with Crippen molar-refractivity contribution >= 4 is 36.2 Å². The Hall–Kier alpha value is -3.20. The number of hydrogen-bond acceptors (Lipinski definition) is 6. The molecule has 3 N–H and O–H groups in total. The fourth-order valence-electron chi connectivity index (χ4n) is 3.73. The average molecular weight is 516 g/mol. The Balaban J connectivity index is 2.53. The number of phenols is 1. The van der Waals surface area contributed by atoms with Gasteiger partial charge in [-0.3, -0.25) is 9.59 Å². The first-order valence-electron chi connectivity index (χ1n) is 11.8. The first-order valence-corrected chi connectivity index (χ1v) is 12.5. The average Bonchev–Trinajstić information content (AvgIpc) is 2.77. The number of aromatic hydroxyl groups is 1. The summed E-state index contributed by atoms with van der Waals surface area (Å²) in [7, 11) is 0. The number of rotatable bonds is 8. The van der Waals surface area contributed by atoms with Crippen molar-refractivity contribution in [2.45, 2.75) is 72.2 Å². The molecule has 0 saturated carbocycles. The van der Waals surface area contributed by atoms with E-state index in [0.29, 0.717) is 11.3 Å². The van der Waals surface area contributed by atoms with E-state index in [1.807, 2.05) is 19.1 Å². The van der Waals surface area contributed by atoms with Gasteiger partial charge in [0.2, 0.25) is 5.91 Å². The fraction of sp³-hybridized carbons (Fsp3) is 0.444. The van der Waals surface area contributed by atoms with E-state index in [4.69, 9.17) is 4.74 Å². The molecule has 0 saturated heterocycles. The Labute approximate surface area is 218 Å². The number of aryl methyl sites for hydroxylation is 2. The third kappa shape index (κ3) is 7.40. The number of nitrogens with zero attached hydrogens (tertiary/aromatic N) is 1. The van der Waals surface area contributed by atoms with E-state index < -0.39 is 41.6 Å². The molecule has 0 spiro atoms. The predicted octanol–water partition coefficient (Wildman–Crippen LogP) is 4.75. The van der Waals surface area contributed by atoms with Gasteiger partial charge in [0.05, 0.1) is 0 Å². The Kier molecular flexibility index (Phi) is 9.81. The summed E-state index contributed by atoms with van der Waals surface area (Å²) in [5.41, 5.74) is 1.53. The number of phenolic OH excluding ortho intramolecular Hbond substituents is 1. The number of nitrogens with one attached hydrogen (secondary N) is 2. The number of anilines is 1. The van der Waals surface area contributed by atoms with E-state index in [-0.39, 0.29) is 17.1 Å². The first kappa shape index (κ1) is 29.0. The molecule has 196 valence electrons. The van der Waals surface area contributed by atoms with Gasteiger partial charge in [-0.05, 0) is 65.7 Å². The normalized spacial score (nSPS) is 13.0. The van der Waals surface area contributed by atoms with Gasteiger partial charge in [-0.2, -0.15) is 12.6 Å². The van der Waals surface area contributed by atoms with E-state index in [1.165, 1.54) is 4.90 Å². The minimum atomic E-state index is -1.18. The van der Waals surface area contributed by atoms with E-state index in [9.17, 15) is 19.5 Å². The van der Waals surface area contributed by atoms with Crippen LogP contribution in [0.2, 0.25) is 0 Å². The van der Waals surface area contributed by atoms with Crippen molar-refractivity contribution in [1.82, 2.24) is 10.2 Å². The molecule has 2 aromatic rings. The summed E-state index contributed by atoms with van der Waals surface area (Å²) < 4.78 is 5.31. The molecule has 3 amide bonds. The molecule has 36 heavy (non-hydrogen) atoms. The van der Waals surface area contributed by atoms with Gasteiger partial charge in [0, 0.05) is 23.0 Å². The van der Waals surface area contributed by atoms with Crippen LogP contribution in [0.3, 0.4) is 0 Å². The molecular weight excluding hydrogens is 478 g/mol. The van der Waals surface area contributed by atoms with E-state index in [1.54, 1.807) is 71.9 Å². The number of ether oxygens (including phenoxy) is 1. The first-order chi connectivity index (χ1) is 16.8. The summed E-state index contributed by atoms with van der Waals surface area (Å²) in [6.07, 6.45) is -0.766.